The van der Waals surface area contributed by atoms with Crippen LogP contribution in [0.5, 0.6) is 0 Å². The molecule has 0 aliphatic heterocycles. The summed E-state index contributed by atoms with van der Waals surface area (Å²) in [5.41, 5.74) is 3.31. The summed E-state index contributed by atoms with van der Waals surface area (Å²) in [6, 6.07) is 15.1. The number of nitrogens with zero attached hydrogens (tertiary/aromatic N) is 3. The second kappa shape index (κ2) is 5.51. The second-order valence-electron chi connectivity index (χ2n) is 4.60. The third-order valence-corrected chi connectivity index (χ3v) is 3.69. The molecule has 0 saturated heterocycles. The first-order valence-corrected chi connectivity index (χ1v) is 7.07. The Morgan fingerprint density at radius 2 is 2.05 bits per heavy atom. The third-order valence-electron chi connectivity index (χ3n) is 3.03. The Bertz CT molecular complexity index is 849. The lowest BCUT2D eigenvalue weighted by Crippen LogP contribution is -1.84. The monoisotopic (exact) mass is 339 g/mol. The van der Waals surface area contributed by atoms with Crippen molar-refractivity contribution < 1.29 is 4.52 Å². The number of halogens is 1. The van der Waals surface area contributed by atoms with Gasteiger partial charge in [0.25, 0.3) is 5.89 Å². The van der Waals surface area contributed by atoms with Gasteiger partial charge < -0.3 is 4.52 Å². The average molecular weight is 340 g/mol. The average Bonchev–Trinajstić information content (AvgIpc) is 2.97. The van der Waals surface area contributed by atoms with E-state index < -0.39 is 0 Å². The Morgan fingerprint density at radius 3 is 2.81 bits per heavy atom. The SMILES string of the molecule is Cc1ccc(-c2noc(-c3cccc(C#N)c3)n2)c(Br)c1. The highest BCUT2D eigenvalue weighted by Gasteiger charge is 2.13. The first-order chi connectivity index (χ1) is 10.2. The van der Waals surface area contributed by atoms with Gasteiger partial charge in [-0.1, -0.05) is 33.2 Å². The van der Waals surface area contributed by atoms with Crippen LogP contribution in [0.15, 0.2) is 51.5 Å². The molecule has 3 rings (SSSR count). The standard InChI is InChI=1S/C16H10BrN3O/c1-10-5-6-13(14(17)7-10)15-19-16(21-20-15)12-4-2-3-11(8-12)9-18/h2-8H,1H3. The fourth-order valence-electron chi connectivity index (χ4n) is 1.97. The van der Waals surface area contributed by atoms with Gasteiger partial charge in [0.2, 0.25) is 5.82 Å². The van der Waals surface area contributed by atoms with E-state index in [0.29, 0.717) is 17.3 Å². The summed E-state index contributed by atoms with van der Waals surface area (Å²) in [6.07, 6.45) is 0. The molecule has 1 heterocycles. The van der Waals surface area contributed by atoms with Crippen molar-refractivity contribution in [1.82, 2.24) is 10.1 Å². The van der Waals surface area contributed by atoms with Crippen LogP contribution < -0.4 is 0 Å². The lowest BCUT2D eigenvalue weighted by atomic mass is 10.1. The lowest BCUT2D eigenvalue weighted by molar-refractivity contribution is 0.432. The van der Waals surface area contributed by atoms with Gasteiger partial charge in [-0.05, 0) is 42.8 Å². The van der Waals surface area contributed by atoms with E-state index in [1.165, 1.54) is 0 Å². The van der Waals surface area contributed by atoms with Crippen molar-refractivity contribution in [2.45, 2.75) is 6.92 Å². The van der Waals surface area contributed by atoms with Gasteiger partial charge in [0.05, 0.1) is 11.6 Å². The maximum absolute atomic E-state index is 8.93. The van der Waals surface area contributed by atoms with Crippen LogP contribution in [0.4, 0.5) is 0 Å². The van der Waals surface area contributed by atoms with Gasteiger partial charge in [0, 0.05) is 15.6 Å². The van der Waals surface area contributed by atoms with Crippen LogP contribution in [0.2, 0.25) is 0 Å². The highest BCUT2D eigenvalue weighted by molar-refractivity contribution is 9.10. The minimum Gasteiger partial charge on any atom is -0.334 e. The van der Waals surface area contributed by atoms with E-state index in [0.717, 1.165) is 21.2 Å². The maximum Gasteiger partial charge on any atom is 0.258 e. The Balaban J connectivity index is 2.02. The molecule has 0 aliphatic carbocycles. The number of aryl methyl sites for hydroxylation is 1. The molecule has 0 bridgehead atoms. The van der Waals surface area contributed by atoms with Crippen molar-refractivity contribution in [3.05, 3.63) is 58.1 Å². The fraction of sp³-hybridized carbons (Fsp3) is 0.0625. The highest BCUT2D eigenvalue weighted by Crippen LogP contribution is 2.29. The molecule has 0 spiro atoms. The summed E-state index contributed by atoms with van der Waals surface area (Å²) < 4.78 is 6.22. The molecule has 2 aromatic carbocycles. The van der Waals surface area contributed by atoms with Gasteiger partial charge in [0.15, 0.2) is 0 Å². The molecule has 0 radical (unpaired) electrons. The van der Waals surface area contributed by atoms with Gasteiger partial charge in [0.1, 0.15) is 0 Å². The minimum atomic E-state index is 0.398. The zero-order valence-corrected chi connectivity index (χ0v) is 12.8. The molecule has 0 aliphatic rings. The Labute approximate surface area is 130 Å². The molecule has 0 atom stereocenters. The minimum absolute atomic E-state index is 0.398. The van der Waals surface area contributed by atoms with E-state index >= 15 is 0 Å². The predicted molar refractivity (Wildman–Crippen MR) is 82.3 cm³/mol. The number of rotatable bonds is 2. The van der Waals surface area contributed by atoms with Crippen molar-refractivity contribution >= 4 is 15.9 Å². The normalized spacial score (nSPS) is 10.3. The molecule has 5 heteroatoms. The molecule has 0 fully saturated rings. The molecular formula is C16H10BrN3O. The van der Waals surface area contributed by atoms with E-state index in [2.05, 4.69) is 32.1 Å². The summed E-state index contributed by atoms with van der Waals surface area (Å²) in [5.74, 6) is 0.911. The number of hydrogen-bond acceptors (Lipinski definition) is 4. The third kappa shape index (κ3) is 2.71. The Hall–Kier alpha value is -2.45. The summed E-state index contributed by atoms with van der Waals surface area (Å²) in [5, 5.41) is 12.9. The van der Waals surface area contributed by atoms with Gasteiger partial charge in [-0.15, -0.1) is 0 Å². The quantitative estimate of drug-likeness (QED) is 0.696. The molecule has 0 saturated carbocycles. The van der Waals surface area contributed by atoms with Crippen LogP contribution in [0, 0.1) is 18.3 Å². The molecule has 0 unspecified atom stereocenters. The number of nitriles is 1. The topological polar surface area (TPSA) is 62.7 Å². The van der Waals surface area contributed by atoms with Gasteiger partial charge in [-0.3, -0.25) is 0 Å². The van der Waals surface area contributed by atoms with Gasteiger partial charge in [-0.25, -0.2) is 0 Å². The van der Waals surface area contributed by atoms with Crippen molar-refractivity contribution in [3.8, 4) is 28.9 Å². The van der Waals surface area contributed by atoms with Crippen molar-refractivity contribution in [3.63, 3.8) is 0 Å². The van der Waals surface area contributed by atoms with Crippen LogP contribution >= 0.6 is 15.9 Å². The smallest absolute Gasteiger partial charge is 0.258 e. The van der Waals surface area contributed by atoms with Crippen LogP contribution in [-0.4, -0.2) is 10.1 Å². The summed E-state index contributed by atoms with van der Waals surface area (Å²) in [4.78, 5) is 4.40. The number of aromatic nitrogens is 2. The number of hydrogen-bond donors (Lipinski definition) is 0. The molecule has 21 heavy (non-hydrogen) atoms. The van der Waals surface area contributed by atoms with E-state index in [9.17, 15) is 0 Å². The van der Waals surface area contributed by atoms with Crippen LogP contribution in [0.1, 0.15) is 11.1 Å². The first kappa shape index (κ1) is 13.5. The van der Waals surface area contributed by atoms with Crippen LogP contribution in [0.25, 0.3) is 22.8 Å². The molecule has 0 amide bonds. The molecular weight excluding hydrogens is 330 g/mol. The largest absolute Gasteiger partial charge is 0.334 e. The molecule has 0 N–H and O–H groups in total. The van der Waals surface area contributed by atoms with Crippen LogP contribution in [-0.2, 0) is 0 Å². The molecule has 3 aromatic rings. The highest BCUT2D eigenvalue weighted by atomic mass is 79.9. The lowest BCUT2D eigenvalue weighted by Gasteiger charge is -1.99. The van der Waals surface area contributed by atoms with Crippen LogP contribution in [0.3, 0.4) is 0 Å². The molecule has 4 nitrogen and oxygen atoms in total. The molecule has 1 aromatic heterocycles. The number of benzene rings is 2. The zero-order chi connectivity index (χ0) is 14.8. The second-order valence-corrected chi connectivity index (χ2v) is 5.45. The fourth-order valence-corrected chi connectivity index (χ4v) is 2.64. The van der Waals surface area contributed by atoms with E-state index in [-0.39, 0.29) is 0 Å². The maximum atomic E-state index is 8.93. The summed E-state index contributed by atoms with van der Waals surface area (Å²) in [7, 11) is 0. The summed E-state index contributed by atoms with van der Waals surface area (Å²) >= 11 is 3.51. The first-order valence-electron chi connectivity index (χ1n) is 6.28. The Morgan fingerprint density at radius 1 is 1.19 bits per heavy atom. The molecule has 102 valence electrons. The van der Waals surface area contributed by atoms with Gasteiger partial charge in [-0.2, -0.15) is 10.2 Å². The van der Waals surface area contributed by atoms with Crippen molar-refractivity contribution in [1.29, 1.82) is 5.26 Å². The van der Waals surface area contributed by atoms with E-state index in [4.69, 9.17) is 9.78 Å². The van der Waals surface area contributed by atoms with Crippen molar-refractivity contribution in [2.24, 2.45) is 0 Å². The predicted octanol–water partition coefficient (Wildman–Crippen LogP) is 4.35. The summed E-state index contributed by atoms with van der Waals surface area (Å²) in [6.45, 7) is 2.02. The Kier molecular flexibility index (Phi) is 3.55. The van der Waals surface area contributed by atoms with E-state index in [1.54, 1.807) is 18.2 Å². The zero-order valence-electron chi connectivity index (χ0n) is 11.2. The van der Waals surface area contributed by atoms with Crippen molar-refractivity contribution in [2.75, 3.05) is 0 Å². The van der Waals surface area contributed by atoms with E-state index in [1.807, 2.05) is 31.2 Å². The van der Waals surface area contributed by atoms with Gasteiger partial charge >= 0.3 is 0 Å².